The molecule has 0 radical (unpaired) electrons. The molecular weight excluding hydrogens is 346 g/mol. The molecule has 0 spiro atoms. The number of alkyl halides is 2. The highest BCUT2D eigenvalue weighted by Crippen LogP contribution is 2.34. The Kier molecular flexibility index (Phi) is 3.98. The second-order valence-corrected chi connectivity index (χ2v) is 6.01. The summed E-state index contributed by atoms with van der Waals surface area (Å²) in [4.78, 5) is 19.8. The molecule has 1 aromatic carbocycles. The molecule has 0 aliphatic heterocycles. The smallest absolute Gasteiger partial charge is 0.315 e. The molecule has 0 saturated carbocycles. The van der Waals surface area contributed by atoms with Crippen molar-refractivity contribution in [2.45, 2.75) is 32.2 Å². The summed E-state index contributed by atoms with van der Waals surface area (Å²) in [6.45, 7) is 1.72. The minimum Gasteiger partial charge on any atom is -0.438 e. The van der Waals surface area contributed by atoms with Gasteiger partial charge in [0.15, 0.2) is 0 Å². The number of halogens is 2. The largest absolute Gasteiger partial charge is 0.438 e. The van der Waals surface area contributed by atoms with E-state index in [9.17, 15) is 13.6 Å². The second-order valence-electron chi connectivity index (χ2n) is 6.01. The van der Waals surface area contributed by atoms with E-state index in [2.05, 4.69) is 25.0 Å². The Bertz CT molecular complexity index is 967. The molecule has 1 aliphatic rings. The Hall–Kier alpha value is -3.10. The van der Waals surface area contributed by atoms with E-state index in [1.54, 1.807) is 13.0 Å². The monoisotopic (exact) mass is 360 g/mol. The summed E-state index contributed by atoms with van der Waals surface area (Å²) in [7, 11) is 0. The lowest BCUT2D eigenvalue weighted by atomic mass is 10.0. The van der Waals surface area contributed by atoms with E-state index >= 15 is 0 Å². The van der Waals surface area contributed by atoms with Gasteiger partial charge in [0.05, 0.1) is 12.2 Å². The van der Waals surface area contributed by atoms with Crippen LogP contribution in [0.15, 0.2) is 33.3 Å². The Balaban J connectivity index is 1.53. The average molecular weight is 360 g/mol. The molecule has 1 atom stereocenters. The van der Waals surface area contributed by atoms with Crippen LogP contribution >= 0.6 is 0 Å². The van der Waals surface area contributed by atoms with Crippen molar-refractivity contribution >= 4 is 5.91 Å². The first kappa shape index (κ1) is 16.4. The predicted octanol–water partition coefficient (Wildman–Crippen LogP) is 3.39. The van der Waals surface area contributed by atoms with Crippen molar-refractivity contribution in [3.8, 4) is 11.4 Å². The van der Waals surface area contributed by atoms with Crippen LogP contribution in [0, 0.1) is 6.92 Å². The average Bonchev–Trinajstić information content (AvgIpc) is 3.34. The number of aromatic nitrogens is 3. The summed E-state index contributed by atoms with van der Waals surface area (Å²) >= 11 is 0. The zero-order valence-electron chi connectivity index (χ0n) is 13.7. The number of aryl methyl sites for hydroxylation is 2. The molecule has 26 heavy (non-hydrogen) atoms. The van der Waals surface area contributed by atoms with Crippen LogP contribution in [-0.4, -0.2) is 21.0 Å². The van der Waals surface area contributed by atoms with Gasteiger partial charge in [-0.05, 0) is 37.0 Å². The maximum absolute atomic E-state index is 12.6. The summed E-state index contributed by atoms with van der Waals surface area (Å²) in [5, 5.41) is 6.48. The fourth-order valence-electron chi connectivity index (χ4n) is 3.03. The first-order valence-electron chi connectivity index (χ1n) is 7.99. The van der Waals surface area contributed by atoms with Gasteiger partial charge in [0.25, 0.3) is 11.8 Å². The minimum absolute atomic E-state index is 0.0268. The third-order valence-corrected chi connectivity index (χ3v) is 4.23. The first-order valence-corrected chi connectivity index (χ1v) is 7.99. The van der Waals surface area contributed by atoms with Crippen LogP contribution in [0.4, 0.5) is 8.78 Å². The van der Waals surface area contributed by atoms with E-state index in [1.165, 1.54) is 6.20 Å². The highest BCUT2D eigenvalue weighted by Gasteiger charge is 2.27. The molecule has 2 heterocycles. The number of amides is 1. The van der Waals surface area contributed by atoms with E-state index in [-0.39, 0.29) is 23.7 Å². The van der Waals surface area contributed by atoms with E-state index in [1.807, 2.05) is 12.1 Å². The zero-order valence-corrected chi connectivity index (χ0v) is 13.7. The molecule has 0 fully saturated rings. The van der Waals surface area contributed by atoms with Gasteiger partial charge in [0.2, 0.25) is 5.82 Å². The van der Waals surface area contributed by atoms with Gasteiger partial charge in [-0.25, -0.2) is 4.98 Å². The topological polar surface area (TPSA) is 94.1 Å². The quantitative estimate of drug-likeness (QED) is 0.766. The molecular formula is C17H14F2N4O3. The number of fused-ring (bicyclic) bond motifs is 1. The molecule has 0 unspecified atom stereocenters. The highest BCUT2D eigenvalue weighted by atomic mass is 19.3. The lowest BCUT2D eigenvalue weighted by molar-refractivity contribution is 0.0900. The fourth-order valence-corrected chi connectivity index (χ4v) is 3.03. The van der Waals surface area contributed by atoms with Crippen LogP contribution in [0.3, 0.4) is 0 Å². The summed E-state index contributed by atoms with van der Waals surface area (Å²) in [5.74, 6) is -0.369. The van der Waals surface area contributed by atoms with Gasteiger partial charge < -0.3 is 14.3 Å². The number of hydrogen-bond acceptors (Lipinski definition) is 6. The van der Waals surface area contributed by atoms with E-state index in [0.717, 1.165) is 24.0 Å². The first-order chi connectivity index (χ1) is 12.5. The molecule has 134 valence electrons. The third-order valence-electron chi connectivity index (χ3n) is 4.23. The SMILES string of the molecule is Cc1cnc(C(=O)N[C@@H]2CCc3cc(-c4noc(C(F)F)n4)ccc32)o1. The van der Waals surface area contributed by atoms with Gasteiger partial charge in [-0.2, -0.15) is 13.8 Å². The van der Waals surface area contributed by atoms with E-state index in [0.29, 0.717) is 11.3 Å². The Morgan fingerprint density at radius 3 is 2.92 bits per heavy atom. The van der Waals surface area contributed by atoms with Crippen LogP contribution in [0.5, 0.6) is 0 Å². The predicted molar refractivity (Wildman–Crippen MR) is 84.5 cm³/mol. The molecule has 1 amide bonds. The van der Waals surface area contributed by atoms with Crippen LogP contribution in [0.25, 0.3) is 11.4 Å². The van der Waals surface area contributed by atoms with Gasteiger partial charge in [-0.1, -0.05) is 17.3 Å². The van der Waals surface area contributed by atoms with Crippen molar-refractivity contribution in [2.24, 2.45) is 0 Å². The second kappa shape index (κ2) is 6.32. The lowest BCUT2D eigenvalue weighted by Crippen LogP contribution is -2.27. The van der Waals surface area contributed by atoms with Crippen molar-refractivity contribution in [3.63, 3.8) is 0 Å². The lowest BCUT2D eigenvalue weighted by Gasteiger charge is -2.12. The Morgan fingerprint density at radius 1 is 1.38 bits per heavy atom. The number of benzene rings is 1. The molecule has 2 aromatic heterocycles. The van der Waals surface area contributed by atoms with E-state index < -0.39 is 12.3 Å². The maximum Gasteiger partial charge on any atom is 0.315 e. The number of hydrogen-bond donors (Lipinski definition) is 1. The van der Waals surface area contributed by atoms with Gasteiger partial charge in [-0.15, -0.1) is 0 Å². The van der Waals surface area contributed by atoms with Gasteiger partial charge in [0.1, 0.15) is 5.76 Å². The van der Waals surface area contributed by atoms with Crippen molar-refractivity contribution in [3.05, 3.63) is 53.1 Å². The number of carbonyl (C=O) groups excluding carboxylic acids is 1. The summed E-state index contributed by atoms with van der Waals surface area (Å²) in [5.41, 5.74) is 2.55. The number of nitrogens with zero attached hydrogens (tertiary/aromatic N) is 3. The van der Waals surface area contributed by atoms with Crippen LogP contribution < -0.4 is 5.32 Å². The summed E-state index contributed by atoms with van der Waals surface area (Å²) < 4.78 is 34.9. The molecule has 3 aromatic rings. The van der Waals surface area contributed by atoms with Crippen molar-refractivity contribution in [1.82, 2.24) is 20.4 Å². The molecule has 0 saturated heterocycles. The highest BCUT2D eigenvalue weighted by molar-refractivity contribution is 5.90. The van der Waals surface area contributed by atoms with Crippen LogP contribution in [0.2, 0.25) is 0 Å². The van der Waals surface area contributed by atoms with Crippen LogP contribution in [-0.2, 0) is 6.42 Å². The van der Waals surface area contributed by atoms with Gasteiger partial charge >= 0.3 is 12.3 Å². The molecule has 9 heteroatoms. The molecule has 0 bridgehead atoms. The molecule has 1 aliphatic carbocycles. The Morgan fingerprint density at radius 2 is 2.23 bits per heavy atom. The Labute approximate surface area is 146 Å². The normalized spacial score (nSPS) is 16.1. The number of oxazole rings is 1. The third kappa shape index (κ3) is 2.96. The minimum atomic E-state index is -2.80. The number of nitrogens with one attached hydrogen (secondary N) is 1. The number of carbonyl (C=O) groups is 1. The van der Waals surface area contributed by atoms with E-state index in [4.69, 9.17) is 4.42 Å². The fraction of sp³-hybridized carbons (Fsp3) is 0.294. The molecule has 4 rings (SSSR count). The summed E-state index contributed by atoms with van der Waals surface area (Å²) in [6.07, 6.45) is 0.142. The van der Waals surface area contributed by atoms with Gasteiger partial charge in [0, 0.05) is 5.56 Å². The van der Waals surface area contributed by atoms with Gasteiger partial charge in [-0.3, -0.25) is 4.79 Å². The molecule has 1 N–H and O–H groups in total. The van der Waals surface area contributed by atoms with Crippen LogP contribution in [0.1, 0.15) is 52.4 Å². The standard InChI is InChI=1S/C17H14F2N4O3/c1-8-7-20-17(25-8)15(24)21-12-5-3-9-6-10(2-4-11(9)12)14-22-16(13(18)19)26-23-14/h2,4,6-7,12-13H,3,5H2,1H3,(H,21,24)/t12-/m1/s1. The molecule has 7 nitrogen and oxygen atoms in total. The van der Waals surface area contributed by atoms with Crippen molar-refractivity contribution in [1.29, 1.82) is 0 Å². The number of rotatable bonds is 4. The summed E-state index contributed by atoms with van der Waals surface area (Å²) in [6, 6.07) is 5.22. The van der Waals surface area contributed by atoms with Crippen molar-refractivity contribution in [2.75, 3.05) is 0 Å². The zero-order chi connectivity index (χ0) is 18.3. The maximum atomic E-state index is 12.6. The van der Waals surface area contributed by atoms with Crippen molar-refractivity contribution < 1.29 is 22.5 Å².